The molecule has 36 heavy (non-hydrogen) atoms. The van der Waals surface area contributed by atoms with E-state index in [1.807, 2.05) is 13.8 Å². The molecule has 0 fully saturated rings. The van der Waals surface area contributed by atoms with Gasteiger partial charge in [0.25, 0.3) is 0 Å². The van der Waals surface area contributed by atoms with Gasteiger partial charge in [0.15, 0.2) is 0 Å². The molecule has 0 aromatic heterocycles. The van der Waals surface area contributed by atoms with Crippen LogP contribution >= 0.6 is 23.2 Å². The van der Waals surface area contributed by atoms with Gasteiger partial charge in [0.1, 0.15) is 11.9 Å². The van der Waals surface area contributed by atoms with Gasteiger partial charge in [-0.2, -0.15) is 0 Å². The van der Waals surface area contributed by atoms with Crippen LogP contribution in [0.3, 0.4) is 0 Å². The van der Waals surface area contributed by atoms with Crippen molar-refractivity contribution in [2.75, 3.05) is 23.7 Å². The van der Waals surface area contributed by atoms with Gasteiger partial charge in [0.05, 0.1) is 17.0 Å². The average molecular weight is 561 g/mol. The lowest BCUT2D eigenvalue weighted by molar-refractivity contribution is -0.140. The zero-order valence-corrected chi connectivity index (χ0v) is 23.1. The SMILES string of the molecule is CC(C)CNC(=O)C(C)N(Cc1ccc(F)cc1)C(=O)CCCN(c1cc(Cl)ccc1Cl)S(C)(=O)=O. The van der Waals surface area contributed by atoms with E-state index < -0.39 is 21.9 Å². The summed E-state index contributed by atoms with van der Waals surface area (Å²) >= 11 is 12.2. The van der Waals surface area contributed by atoms with Crippen LogP contribution in [0.2, 0.25) is 10.0 Å². The lowest BCUT2D eigenvalue weighted by Gasteiger charge is -2.30. The minimum atomic E-state index is -3.71. The smallest absolute Gasteiger partial charge is 0.242 e. The number of hydrogen-bond donors (Lipinski definition) is 1. The molecule has 0 aliphatic carbocycles. The van der Waals surface area contributed by atoms with Gasteiger partial charge in [-0.25, -0.2) is 12.8 Å². The van der Waals surface area contributed by atoms with Crippen LogP contribution in [0.4, 0.5) is 10.1 Å². The molecule has 0 aliphatic heterocycles. The largest absolute Gasteiger partial charge is 0.354 e. The summed E-state index contributed by atoms with van der Waals surface area (Å²) in [4.78, 5) is 27.4. The number of sulfonamides is 1. The Morgan fingerprint density at radius 3 is 2.28 bits per heavy atom. The highest BCUT2D eigenvalue weighted by atomic mass is 35.5. The molecule has 0 radical (unpaired) electrons. The second-order valence-electron chi connectivity index (χ2n) is 9.00. The molecule has 0 saturated heterocycles. The Morgan fingerprint density at radius 2 is 1.69 bits per heavy atom. The average Bonchev–Trinajstić information content (AvgIpc) is 2.80. The highest BCUT2D eigenvalue weighted by Crippen LogP contribution is 2.31. The van der Waals surface area contributed by atoms with Crippen LogP contribution in [0.25, 0.3) is 0 Å². The topological polar surface area (TPSA) is 86.8 Å². The third-order valence-electron chi connectivity index (χ3n) is 5.45. The highest BCUT2D eigenvalue weighted by Gasteiger charge is 2.27. The Balaban J connectivity index is 2.18. The summed E-state index contributed by atoms with van der Waals surface area (Å²) in [6.07, 6.45) is 1.20. The molecule has 1 atom stereocenters. The molecule has 11 heteroatoms. The van der Waals surface area contributed by atoms with Crippen molar-refractivity contribution in [2.24, 2.45) is 5.92 Å². The molecule has 7 nitrogen and oxygen atoms in total. The fourth-order valence-corrected chi connectivity index (χ4v) is 4.89. The van der Waals surface area contributed by atoms with E-state index in [1.54, 1.807) is 25.1 Å². The molecule has 0 heterocycles. The first-order valence-corrected chi connectivity index (χ1v) is 14.1. The number of carbonyl (C=O) groups is 2. The summed E-state index contributed by atoms with van der Waals surface area (Å²) in [5, 5.41) is 3.37. The van der Waals surface area contributed by atoms with Crippen molar-refractivity contribution < 1.29 is 22.4 Å². The maximum atomic E-state index is 13.4. The standard InChI is InChI=1S/C25H32Cl2FN3O4S/c1-17(2)15-29-25(33)18(3)30(16-19-7-10-21(28)11-8-19)24(32)6-5-13-31(36(4,34)35)23-14-20(26)9-12-22(23)27/h7-12,14,17-18H,5-6,13,15-16H2,1-4H3,(H,29,33). The van der Waals surface area contributed by atoms with Crippen molar-refractivity contribution in [3.8, 4) is 0 Å². The van der Waals surface area contributed by atoms with Crippen LogP contribution in [-0.2, 0) is 26.2 Å². The first-order valence-electron chi connectivity index (χ1n) is 11.5. The number of anilines is 1. The van der Waals surface area contributed by atoms with Gasteiger partial charge >= 0.3 is 0 Å². The van der Waals surface area contributed by atoms with Gasteiger partial charge < -0.3 is 10.2 Å². The summed E-state index contributed by atoms with van der Waals surface area (Å²) in [6.45, 7) is 6.11. The van der Waals surface area contributed by atoms with Crippen molar-refractivity contribution >= 4 is 50.7 Å². The van der Waals surface area contributed by atoms with Crippen LogP contribution in [0.5, 0.6) is 0 Å². The molecule has 1 N–H and O–H groups in total. The quantitative estimate of drug-likeness (QED) is 0.402. The predicted molar refractivity (Wildman–Crippen MR) is 142 cm³/mol. The van der Waals surface area contributed by atoms with Crippen LogP contribution in [-0.4, -0.2) is 50.5 Å². The maximum absolute atomic E-state index is 13.4. The first-order chi connectivity index (χ1) is 16.8. The van der Waals surface area contributed by atoms with E-state index in [0.29, 0.717) is 17.1 Å². The summed E-state index contributed by atoms with van der Waals surface area (Å²) in [5.74, 6) is -0.803. The molecule has 0 aliphatic rings. The molecule has 2 amide bonds. The molecule has 2 aromatic carbocycles. The Hall–Kier alpha value is -2.36. The minimum Gasteiger partial charge on any atom is -0.354 e. The van der Waals surface area contributed by atoms with Crippen molar-refractivity contribution in [2.45, 2.75) is 46.2 Å². The van der Waals surface area contributed by atoms with E-state index in [2.05, 4.69) is 5.32 Å². The molecule has 0 saturated carbocycles. The molecule has 1 unspecified atom stereocenters. The van der Waals surface area contributed by atoms with E-state index in [0.717, 1.165) is 10.6 Å². The van der Waals surface area contributed by atoms with Crippen molar-refractivity contribution in [1.29, 1.82) is 0 Å². The van der Waals surface area contributed by atoms with E-state index >= 15 is 0 Å². The fourth-order valence-electron chi connectivity index (χ4n) is 3.48. The third-order valence-corrected chi connectivity index (χ3v) is 7.18. The van der Waals surface area contributed by atoms with Gasteiger partial charge in [0.2, 0.25) is 21.8 Å². The Bertz CT molecular complexity index is 1160. The fraction of sp³-hybridized carbons (Fsp3) is 0.440. The number of rotatable bonds is 12. The van der Waals surface area contributed by atoms with E-state index in [4.69, 9.17) is 23.2 Å². The summed E-state index contributed by atoms with van der Waals surface area (Å²) in [5.41, 5.74) is 0.889. The van der Waals surface area contributed by atoms with Crippen LogP contribution in [0.15, 0.2) is 42.5 Å². The van der Waals surface area contributed by atoms with Crippen LogP contribution in [0.1, 0.15) is 39.2 Å². The summed E-state index contributed by atoms with van der Waals surface area (Å²) < 4.78 is 39.4. The lowest BCUT2D eigenvalue weighted by Crippen LogP contribution is -2.48. The van der Waals surface area contributed by atoms with E-state index in [9.17, 15) is 22.4 Å². The first kappa shape index (κ1) is 29.9. The molecule has 0 spiro atoms. The van der Waals surface area contributed by atoms with Crippen LogP contribution in [0, 0.1) is 11.7 Å². The molecular formula is C25H32Cl2FN3O4S. The van der Waals surface area contributed by atoms with Gasteiger partial charge in [-0.15, -0.1) is 0 Å². The number of nitrogens with one attached hydrogen (secondary N) is 1. The van der Waals surface area contributed by atoms with Gasteiger partial charge in [-0.1, -0.05) is 49.2 Å². The minimum absolute atomic E-state index is 0.0110. The monoisotopic (exact) mass is 559 g/mol. The molecular weight excluding hydrogens is 528 g/mol. The van der Waals surface area contributed by atoms with Gasteiger partial charge in [0, 0.05) is 31.1 Å². The van der Waals surface area contributed by atoms with Gasteiger partial charge in [-0.3, -0.25) is 13.9 Å². The number of hydrogen-bond acceptors (Lipinski definition) is 4. The second-order valence-corrected chi connectivity index (χ2v) is 11.7. The van der Waals surface area contributed by atoms with Crippen molar-refractivity contribution in [3.63, 3.8) is 0 Å². The lowest BCUT2D eigenvalue weighted by atomic mass is 10.1. The maximum Gasteiger partial charge on any atom is 0.242 e. The second kappa shape index (κ2) is 13.3. The number of halogens is 3. The highest BCUT2D eigenvalue weighted by molar-refractivity contribution is 7.92. The van der Waals surface area contributed by atoms with Crippen molar-refractivity contribution in [1.82, 2.24) is 10.2 Å². The Morgan fingerprint density at radius 1 is 1.06 bits per heavy atom. The zero-order chi connectivity index (χ0) is 27.0. The number of amides is 2. The Labute approximate surface area is 222 Å². The molecule has 2 rings (SSSR count). The van der Waals surface area contributed by atoms with Crippen molar-refractivity contribution in [3.05, 3.63) is 63.9 Å². The number of nitrogens with zero attached hydrogens (tertiary/aromatic N) is 2. The van der Waals surface area contributed by atoms with Gasteiger partial charge in [-0.05, 0) is 55.2 Å². The predicted octanol–water partition coefficient (Wildman–Crippen LogP) is 4.87. The normalized spacial score (nSPS) is 12.3. The molecule has 2 aromatic rings. The molecule has 198 valence electrons. The van der Waals surface area contributed by atoms with E-state index in [1.165, 1.54) is 29.2 Å². The summed E-state index contributed by atoms with van der Waals surface area (Å²) in [6, 6.07) is 9.42. The third kappa shape index (κ3) is 8.94. The molecule has 0 bridgehead atoms. The zero-order valence-electron chi connectivity index (χ0n) is 20.8. The Kier molecular flexibility index (Phi) is 11.0. The number of benzene rings is 2. The van der Waals surface area contributed by atoms with E-state index in [-0.39, 0.29) is 54.4 Å². The van der Waals surface area contributed by atoms with Crippen LogP contribution < -0.4 is 9.62 Å². The summed E-state index contributed by atoms with van der Waals surface area (Å²) in [7, 11) is -3.71. The number of carbonyl (C=O) groups excluding carboxylic acids is 2.